The summed E-state index contributed by atoms with van der Waals surface area (Å²) in [4.78, 5) is 42.3. The summed E-state index contributed by atoms with van der Waals surface area (Å²) >= 11 is 0. The predicted molar refractivity (Wildman–Crippen MR) is 137 cm³/mol. The summed E-state index contributed by atoms with van der Waals surface area (Å²) in [6.07, 6.45) is 4.55. The molecule has 39 heavy (non-hydrogen) atoms. The van der Waals surface area contributed by atoms with Crippen molar-refractivity contribution in [3.63, 3.8) is 0 Å². The molecule has 1 saturated heterocycles. The molecule has 204 valence electrons. The SMILES string of the molecule is CC[C@H]1CCC[C@H]2CN1C(=O)c1c(OCc3ccccc3)c(=O)c(C(=O)NCc3c(F)cc(F)cc3F)cn12. The molecule has 7 nitrogen and oxygen atoms in total. The van der Waals surface area contributed by atoms with Crippen LogP contribution < -0.4 is 15.5 Å². The number of carbonyl (C=O) groups is 2. The highest BCUT2D eigenvalue weighted by Crippen LogP contribution is 2.35. The number of benzene rings is 2. The number of rotatable bonds is 7. The molecule has 0 saturated carbocycles. The highest BCUT2D eigenvalue weighted by molar-refractivity contribution is 5.99. The lowest BCUT2D eigenvalue weighted by atomic mass is 10.0. The maximum Gasteiger partial charge on any atom is 0.274 e. The molecule has 2 amide bonds. The first-order valence-electron chi connectivity index (χ1n) is 13.0. The molecule has 5 rings (SSSR count). The Balaban J connectivity index is 1.54. The van der Waals surface area contributed by atoms with Gasteiger partial charge in [-0.1, -0.05) is 37.3 Å². The fraction of sp³-hybridized carbons (Fsp3) is 0.345. The Morgan fingerprint density at radius 1 is 1.08 bits per heavy atom. The van der Waals surface area contributed by atoms with Gasteiger partial charge in [0.2, 0.25) is 5.43 Å². The van der Waals surface area contributed by atoms with Crippen LogP contribution in [-0.4, -0.2) is 33.9 Å². The topological polar surface area (TPSA) is 80.6 Å². The summed E-state index contributed by atoms with van der Waals surface area (Å²) in [5.74, 6) is -4.85. The Labute approximate surface area is 223 Å². The van der Waals surface area contributed by atoms with Crippen LogP contribution in [0.25, 0.3) is 0 Å². The van der Waals surface area contributed by atoms with Gasteiger partial charge in [-0.3, -0.25) is 14.4 Å². The van der Waals surface area contributed by atoms with Gasteiger partial charge < -0.3 is 19.5 Å². The first-order valence-corrected chi connectivity index (χ1v) is 13.0. The molecular formula is C29H28F3N3O4. The maximum absolute atomic E-state index is 14.1. The van der Waals surface area contributed by atoms with E-state index >= 15 is 0 Å². The van der Waals surface area contributed by atoms with Crippen molar-refractivity contribution in [1.29, 1.82) is 0 Å². The number of nitrogens with one attached hydrogen (secondary N) is 1. The third-order valence-corrected chi connectivity index (χ3v) is 7.45. The molecule has 3 heterocycles. The average molecular weight is 540 g/mol. The monoisotopic (exact) mass is 539 g/mol. The van der Waals surface area contributed by atoms with E-state index < -0.39 is 40.9 Å². The Kier molecular flexibility index (Phi) is 7.45. The molecule has 2 atom stereocenters. The second-order valence-electron chi connectivity index (χ2n) is 9.87. The molecule has 0 unspecified atom stereocenters. The van der Waals surface area contributed by atoms with Crippen molar-refractivity contribution in [3.8, 4) is 5.75 Å². The van der Waals surface area contributed by atoms with Crippen molar-refractivity contribution in [3.05, 3.63) is 98.7 Å². The Morgan fingerprint density at radius 3 is 2.49 bits per heavy atom. The van der Waals surface area contributed by atoms with Crippen LogP contribution in [0.5, 0.6) is 5.75 Å². The molecule has 2 aromatic carbocycles. The van der Waals surface area contributed by atoms with E-state index in [-0.39, 0.29) is 41.6 Å². The molecule has 1 fully saturated rings. The van der Waals surface area contributed by atoms with E-state index in [1.54, 1.807) is 9.47 Å². The number of carbonyl (C=O) groups excluding carboxylic acids is 2. The van der Waals surface area contributed by atoms with Crippen LogP contribution in [0.2, 0.25) is 0 Å². The molecule has 1 N–H and O–H groups in total. The van der Waals surface area contributed by atoms with Gasteiger partial charge in [-0.05, 0) is 31.2 Å². The third-order valence-electron chi connectivity index (χ3n) is 7.45. The lowest BCUT2D eigenvalue weighted by molar-refractivity contribution is 0.0579. The minimum absolute atomic E-state index is 0.00466. The van der Waals surface area contributed by atoms with E-state index in [1.807, 2.05) is 37.3 Å². The van der Waals surface area contributed by atoms with Crippen LogP contribution in [0.1, 0.15) is 70.6 Å². The summed E-state index contributed by atoms with van der Waals surface area (Å²) in [5, 5.41) is 2.35. The normalized spacial score (nSPS) is 18.4. The van der Waals surface area contributed by atoms with E-state index in [9.17, 15) is 27.6 Å². The minimum atomic E-state index is -1.16. The second kappa shape index (κ2) is 11.0. The standard InChI is InChI=1S/C29H28F3N3O4/c1-2-19-9-6-10-20-14-35(19)29(38)25-27(39-16-17-7-4-3-5-8-17)26(36)22(15-34(20)25)28(37)33-13-21-23(31)11-18(30)12-24(21)32/h3-5,7-8,11-12,15,19-20H,2,6,9-10,13-14,16H2,1H3,(H,33,37)/t19-,20-/m0/s1. The summed E-state index contributed by atoms with van der Waals surface area (Å²) in [6.45, 7) is 1.85. The van der Waals surface area contributed by atoms with E-state index in [4.69, 9.17) is 4.74 Å². The van der Waals surface area contributed by atoms with Crippen molar-refractivity contribution in [1.82, 2.24) is 14.8 Å². The fourth-order valence-corrected chi connectivity index (χ4v) is 5.38. The van der Waals surface area contributed by atoms with Gasteiger partial charge >= 0.3 is 0 Å². The van der Waals surface area contributed by atoms with Gasteiger partial charge in [-0.15, -0.1) is 0 Å². The highest BCUT2D eigenvalue weighted by atomic mass is 19.1. The van der Waals surface area contributed by atoms with Crippen LogP contribution in [0.15, 0.2) is 53.5 Å². The summed E-state index contributed by atoms with van der Waals surface area (Å²) in [5.41, 5.74) is -0.790. The number of pyridine rings is 1. The van der Waals surface area contributed by atoms with Crippen LogP contribution in [0, 0.1) is 17.5 Å². The van der Waals surface area contributed by atoms with Gasteiger partial charge in [0, 0.05) is 43.0 Å². The zero-order valence-electron chi connectivity index (χ0n) is 21.4. The Bertz CT molecular complexity index is 1450. The van der Waals surface area contributed by atoms with Gasteiger partial charge in [0.1, 0.15) is 29.6 Å². The quantitative estimate of drug-likeness (QED) is 0.471. The fourth-order valence-electron chi connectivity index (χ4n) is 5.38. The lowest BCUT2D eigenvalue weighted by Crippen LogP contribution is -2.48. The van der Waals surface area contributed by atoms with E-state index in [0.29, 0.717) is 18.7 Å². The van der Waals surface area contributed by atoms with Crippen LogP contribution in [0.4, 0.5) is 13.2 Å². The Hall–Kier alpha value is -4.08. The lowest BCUT2D eigenvalue weighted by Gasteiger charge is -2.38. The molecule has 3 aromatic rings. The van der Waals surface area contributed by atoms with Gasteiger partial charge in [0.15, 0.2) is 11.4 Å². The zero-order chi connectivity index (χ0) is 27.7. The third kappa shape index (κ3) is 5.15. The first-order chi connectivity index (χ1) is 18.8. The smallest absolute Gasteiger partial charge is 0.274 e. The number of aromatic nitrogens is 1. The average Bonchev–Trinajstić information content (AvgIpc) is 3.11. The van der Waals surface area contributed by atoms with E-state index in [1.165, 1.54) is 6.20 Å². The van der Waals surface area contributed by atoms with Gasteiger partial charge in [0.25, 0.3) is 11.8 Å². The molecule has 0 spiro atoms. The first kappa shape index (κ1) is 26.5. The van der Waals surface area contributed by atoms with Gasteiger partial charge in [0.05, 0.1) is 6.04 Å². The number of amides is 2. The summed E-state index contributed by atoms with van der Waals surface area (Å²) in [6, 6.07) is 9.98. The molecule has 0 radical (unpaired) electrons. The molecule has 2 aliphatic rings. The van der Waals surface area contributed by atoms with Crippen molar-refractivity contribution in [2.24, 2.45) is 0 Å². The number of hydrogen-bond acceptors (Lipinski definition) is 4. The Morgan fingerprint density at radius 2 is 1.79 bits per heavy atom. The van der Waals surface area contributed by atoms with Crippen molar-refractivity contribution in [2.45, 2.75) is 57.8 Å². The van der Waals surface area contributed by atoms with Gasteiger partial charge in [-0.2, -0.15) is 0 Å². The predicted octanol–water partition coefficient (Wildman–Crippen LogP) is 4.73. The largest absolute Gasteiger partial charge is 0.483 e. The highest BCUT2D eigenvalue weighted by Gasteiger charge is 2.40. The molecular weight excluding hydrogens is 511 g/mol. The number of fused-ring (bicyclic) bond motifs is 4. The molecule has 10 heteroatoms. The molecule has 2 bridgehead atoms. The number of halogens is 3. The maximum atomic E-state index is 14.1. The number of nitrogens with zero attached hydrogens (tertiary/aromatic N) is 2. The number of ether oxygens (including phenoxy) is 1. The van der Waals surface area contributed by atoms with Crippen LogP contribution in [-0.2, 0) is 13.2 Å². The second-order valence-corrected chi connectivity index (χ2v) is 9.87. The zero-order valence-corrected chi connectivity index (χ0v) is 21.4. The molecule has 1 aromatic heterocycles. The summed E-state index contributed by atoms with van der Waals surface area (Å²) in [7, 11) is 0. The van der Waals surface area contributed by atoms with Gasteiger partial charge in [-0.25, -0.2) is 13.2 Å². The minimum Gasteiger partial charge on any atom is -0.483 e. The van der Waals surface area contributed by atoms with E-state index in [0.717, 1.165) is 31.2 Å². The summed E-state index contributed by atoms with van der Waals surface area (Å²) < 4.78 is 49.1. The van der Waals surface area contributed by atoms with E-state index in [2.05, 4.69) is 5.32 Å². The van der Waals surface area contributed by atoms with Crippen LogP contribution >= 0.6 is 0 Å². The van der Waals surface area contributed by atoms with Crippen molar-refractivity contribution >= 4 is 11.8 Å². The van der Waals surface area contributed by atoms with Crippen LogP contribution in [0.3, 0.4) is 0 Å². The van der Waals surface area contributed by atoms with Crippen molar-refractivity contribution in [2.75, 3.05) is 6.54 Å². The van der Waals surface area contributed by atoms with Crippen molar-refractivity contribution < 1.29 is 27.5 Å². The molecule has 0 aliphatic carbocycles. The molecule has 2 aliphatic heterocycles. The number of hydrogen-bond donors (Lipinski definition) is 1.